The first-order valence-electron chi connectivity index (χ1n) is 6.52. The Kier molecular flexibility index (Phi) is 3.80. The van der Waals surface area contributed by atoms with Crippen molar-refractivity contribution in [3.8, 4) is 11.5 Å². The van der Waals surface area contributed by atoms with Crippen molar-refractivity contribution in [1.82, 2.24) is 15.3 Å². The second-order valence-electron chi connectivity index (χ2n) is 4.56. The number of carbonyl (C=O) groups excluding carboxylic acids is 1. The lowest BCUT2D eigenvalue weighted by atomic mass is 10.2. The maximum Gasteiger partial charge on any atom is 0.228 e. The molecule has 1 aromatic carbocycles. The summed E-state index contributed by atoms with van der Waals surface area (Å²) in [5.74, 6) is 0.251. The Morgan fingerprint density at radius 1 is 1.27 bits per heavy atom. The molecule has 1 amide bonds. The van der Waals surface area contributed by atoms with Gasteiger partial charge in [-0.2, -0.15) is 4.98 Å². The van der Waals surface area contributed by atoms with Gasteiger partial charge in [-0.3, -0.25) is 4.79 Å². The van der Waals surface area contributed by atoms with Crippen LogP contribution in [0.25, 0.3) is 22.7 Å². The SMILES string of the molecule is CC(=O)NC(=S)Nc1cccc(-c2nc3ncccc3o2)c1. The number of anilines is 1. The van der Waals surface area contributed by atoms with E-state index in [1.807, 2.05) is 30.3 Å². The van der Waals surface area contributed by atoms with E-state index < -0.39 is 0 Å². The van der Waals surface area contributed by atoms with E-state index in [0.29, 0.717) is 17.1 Å². The minimum Gasteiger partial charge on any atom is -0.434 e. The number of aromatic nitrogens is 2. The third kappa shape index (κ3) is 3.09. The van der Waals surface area contributed by atoms with Gasteiger partial charge in [0.05, 0.1) is 0 Å². The van der Waals surface area contributed by atoms with Crippen molar-refractivity contribution >= 4 is 40.2 Å². The number of hydrogen-bond donors (Lipinski definition) is 2. The van der Waals surface area contributed by atoms with Gasteiger partial charge in [-0.25, -0.2) is 4.98 Å². The maximum absolute atomic E-state index is 11.0. The summed E-state index contributed by atoms with van der Waals surface area (Å²) in [6.07, 6.45) is 1.67. The van der Waals surface area contributed by atoms with Crippen LogP contribution in [0.4, 0.5) is 5.69 Å². The van der Waals surface area contributed by atoms with Crippen molar-refractivity contribution in [3.05, 3.63) is 42.6 Å². The number of benzene rings is 1. The summed E-state index contributed by atoms with van der Waals surface area (Å²) in [6, 6.07) is 11.0. The first-order chi connectivity index (χ1) is 10.6. The number of rotatable bonds is 2. The lowest BCUT2D eigenvalue weighted by Crippen LogP contribution is -2.32. The number of oxazole rings is 1. The van der Waals surface area contributed by atoms with Crippen LogP contribution in [0.15, 0.2) is 47.0 Å². The van der Waals surface area contributed by atoms with Crippen LogP contribution in [-0.4, -0.2) is 21.0 Å². The number of nitrogens with zero attached hydrogens (tertiary/aromatic N) is 2. The van der Waals surface area contributed by atoms with Crippen LogP contribution in [-0.2, 0) is 4.79 Å². The molecular weight excluding hydrogens is 300 g/mol. The van der Waals surface area contributed by atoms with Crippen LogP contribution in [0, 0.1) is 0 Å². The normalized spacial score (nSPS) is 10.4. The molecule has 0 radical (unpaired) electrons. The lowest BCUT2D eigenvalue weighted by Gasteiger charge is -2.08. The van der Waals surface area contributed by atoms with Gasteiger partial charge < -0.3 is 15.1 Å². The van der Waals surface area contributed by atoms with Crippen LogP contribution >= 0.6 is 12.2 Å². The molecule has 0 atom stereocenters. The standard InChI is InChI=1S/C15H12N4O2S/c1-9(20)17-15(22)18-11-5-2-4-10(8-11)14-19-13-12(21-14)6-3-7-16-13/h2-8H,1H3,(H2,17,18,20,22). The zero-order chi connectivity index (χ0) is 15.5. The summed E-state index contributed by atoms with van der Waals surface area (Å²) < 4.78 is 5.67. The molecule has 0 saturated carbocycles. The number of fused-ring (bicyclic) bond motifs is 1. The van der Waals surface area contributed by atoms with E-state index in [1.54, 1.807) is 12.3 Å². The predicted molar refractivity (Wildman–Crippen MR) is 87.3 cm³/mol. The van der Waals surface area contributed by atoms with E-state index in [4.69, 9.17) is 16.6 Å². The van der Waals surface area contributed by atoms with Gasteiger partial charge in [-0.15, -0.1) is 0 Å². The van der Waals surface area contributed by atoms with Gasteiger partial charge in [0.2, 0.25) is 11.8 Å². The molecule has 0 aliphatic carbocycles. The van der Waals surface area contributed by atoms with Gasteiger partial charge in [-0.1, -0.05) is 6.07 Å². The van der Waals surface area contributed by atoms with E-state index in [-0.39, 0.29) is 11.0 Å². The quantitative estimate of drug-likeness (QED) is 0.708. The molecule has 2 aromatic heterocycles. The van der Waals surface area contributed by atoms with E-state index in [0.717, 1.165) is 11.3 Å². The average molecular weight is 312 g/mol. The fraction of sp³-hybridized carbons (Fsp3) is 0.0667. The molecule has 0 unspecified atom stereocenters. The molecule has 0 fully saturated rings. The van der Waals surface area contributed by atoms with Crippen molar-refractivity contribution in [3.63, 3.8) is 0 Å². The van der Waals surface area contributed by atoms with Crippen LogP contribution in [0.3, 0.4) is 0 Å². The van der Waals surface area contributed by atoms with Crippen LogP contribution in [0.2, 0.25) is 0 Å². The summed E-state index contributed by atoms with van der Waals surface area (Å²) in [4.78, 5) is 19.4. The molecule has 0 saturated heterocycles. The predicted octanol–water partition coefficient (Wildman–Crippen LogP) is 2.72. The third-order valence-corrected chi connectivity index (χ3v) is 3.03. The summed E-state index contributed by atoms with van der Waals surface area (Å²) >= 11 is 5.03. The Labute approximate surface area is 131 Å². The van der Waals surface area contributed by atoms with Gasteiger partial charge in [-0.05, 0) is 42.5 Å². The molecule has 110 valence electrons. The Morgan fingerprint density at radius 2 is 2.14 bits per heavy atom. The lowest BCUT2D eigenvalue weighted by molar-refractivity contribution is -0.117. The highest BCUT2D eigenvalue weighted by molar-refractivity contribution is 7.80. The molecule has 0 aliphatic heterocycles. The van der Waals surface area contributed by atoms with Crippen LogP contribution < -0.4 is 10.6 Å². The van der Waals surface area contributed by atoms with Crippen LogP contribution in [0.5, 0.6) is 0 Å². The molecule has 0 aliphatic rings. The van der Waals surface area contributed by atoms with Gasteiger partial charge in [0.15, 0.2) is 16.3 Å². The molecule has 22 heavy (non-hydrogen) atoms. The number of thiocarbonyl (C=S) groups is 1. The highest BCUT2D eigenvalue weighted by atomic mass is 32.1. The number of pyridine rings is 1. The average Bonchev–Trinajstić information content (AvgIpc) is 2.90. The highest BCUT2D eigenvalue weighted by Crippen LogP contribution is 2.25. The third-order valence-electron chi connectivity index (χ3n) is 2.82. The van der Waals surface area contributed by atoms with E-state index in [1.165, 1.54) is 6.92 Å². The summed E-state index contributed by atoms with van der Waals surface area (Å²) in [5.41, 5.74) is 2.70. The number of nitrogens with one attached hydrogen (secondary N) is 2. The molecule has 0 spiro atoms. The summed E-state index contributed by atoms with van der Waals surface area (Å²) in [7, 11) is 0. The number of amides is 1. The van der Waals surface area contributed by atoms with Gasteiger partial charge in [0, 0.05) is 24.4 Å². The van der Waals surface area contributed by atoms with Crippen molar-refractivity contribution in [2.24, 2.45) is 0 Å². The molecule has 2 heterocycles. The van der Waals surface area contributed by atoms with Crippen molar-refractivity contribution in [2.75, 3.05) is 5.32 Å². The van der Waals surface area contributed by atoms with E-state index in [2.05, 4.69) is 20.6 Å². The molecular formula is C15H12N4O2S. The zero-order valence-corrected chi connectivity index (χ0v) is 12.5. The fourth-order valence-electron chi connectivity index (χ4n) is 1.94. The zero-order valence-electron chi connectivity index (χ0n) is 11.7. The largest absolute Gasteiger partial charge is 0.434 e. The summed E-state index contributed by atoms with van der Waals surface area (Å²) in [6.45, 7) is 1.40. The molecule has 2 N–H and O–H groups in total. The van der Waals surface area contributed by atoms with Crippen molar-refractivity contribution in [2.45, 2.75) is 6.92 Å². The second kappa shape index (κ2) is 5.90. The Morgan fingerprint density at radius 3 is 2.91 bits per heavy atom. The minimum atomic E-state index is -0.223. The van der Waals surface area contributed by atoms with Crippen molar-refractivity contribution in [1.29, 1.82) is 0 Å². The summed E-state index contributed by atoms with van der Waals surface area (Å²) in [5, 5.41) is 5.68. The topological polar surface area (TPSA) is 80.0 Å². The molecule has 6 nitrogen and oxygen atoms in total. The Hall–Kier alpha value is -2.80. The van der Waals surface area contributed by atoms with Gasteiger partial charge >= 0.3 is 0 Å². The molecule has 0 bridgehead atoms. The number of carbonyl (C=O) groups is 1. The second-order valence-corrected chi connectivity index (χ2v) is 4.97. The Balaban J connectivity index is 1.87. The van der Waals surface area contributed by atoms with Gasteiger partial charge in [0.25, 0.3) is 0 Å². The number of hydrogen-bond acceptors (Lipinski definition) is 5. The molecule has 3 aromatic rings. The van der Waals surface area contributed by atoms with E-state index in [9.17, 15) is 4.79 Å². The monoisotopic (exact) mass is 312 g/mol. The van der Waals surface area contributed by atoms with Crippen LogP contribution in [0.1, 0.15) is 6.92 Å². The first-order valence-corrected chi connectivity index (χ1v) is 6.93. The smallest absolute Gasteiger partial charge is 0.228 e. The van der Waals surface area contributed by atoms with E-state index >= 15 is 0 Å². The molecule has 3 rings (SSSR count). The first kappa shape index (κ1) is 14.2. The minimum absolute atomic E-state index is 0.223. The Bertz CT molecular complexity index is 826. The molecule has 7 heteroatoms. The fourth-order valence-corrected chi connectivity index (χ4v) is 2.21. The highest BCUT2D eigenvalue weighted by Gasteiger charge is 2.09. The van der Waals surface area contributed by atoms with Gasteiger partial charge in [0.1, 0.15) is 0 Å². The maximum atomic E-state index is 11.0. The van der Waals surface area contributed by atoms with Crippen molar-refractivity contribution < 1.29 is 9.21 Å².